The zero-order valence-corrected chi connectivity index (χ0v) is 53.1. The number of guanidine groups is 1. The number of hydrogen-bond acceptors (Lipinski definition) is 19. The van der Waals surface area contributed by atoms with Crippen LogP contribution in [0.1, 0.15) is 126 Å². The number of benzene rings is 1. The van der Waals surface area contributed by atoms with E-state index < -0.39 is 181 Å². The van der Waals surface area contributed by atoms with Crippen molar-refractivity contribution in [3.8, 4) is 0 Å². The van der Waals surface area contributed by atoms with Crippen LogP contribution in [0.4, 0.5) is 0 Å². The molecule has 0 aromatic heterocycles. The molecule has 11 amide bonds. The SMILES string of the molecule is CC[C@@H](C)C[C@@H]1NC(=O)[C@H]([C@H](O)C(C)C)NC(=O)[C@@H](NC(=O)[C@H](CC(C)C)NC(=O)[C@H](N)CC(C)C)[C@@H](c2ccccc2)OC(=O)[C@H](CO)NC(=O)[C@H]([C@H](O)C(N)=O)NC(=O)CNC(=O)[C@H]([C@H](C)O)NC(=O)[C@H](C(C)C)NC(=O)[C@@H](CCCN=C(N)N)NC1=O. The molecule has 0 spiro atoms. The number of esters is 1. The summed E-state index contributed by atoms with van der Waals surface area (Å²) in [6.45, 7) is 15.3. The van der Waals surface area contributed by atoms with E-state index in [4.69, 9.17) is 27.7 Å². The van der Waals surface area contributed by atoms with Crippen molar-refractivity contribution in [2.75, 3.05) is 19.7 Å². The Hall–Kier alpha value is -8.07. The molecule has 15 atom stereocenters. The van der Waals surface area contributed by atoms with Crippen LogP contribution < -0.4 is 76.1 Å². The average molecular weight is 1280 g/mol. The highest BCUT2D eigenvalue weighted by Gasteiger charge is 2.44. The second-order valence-corrected chi connectivity index (χ2v) is 24.0. The molecule has 1 aromatic carbocycles. The highest BCUT2D eigenvalue weighted by molar-refractivity contribution is 6.00. The number of nitrogens with zero attached hydrogens (tertiary/aromatic N) is 1. The van der Waals surface area contributed by atoms with Crippen LogP contribution in [-0.4, -0.2) is 196 Å². The van der Waals surface area contributed by atoms with Gasteiger partial charge < -0.3 is 101 Å². The minimum absolute atomic E-state index is 0.0462. The van der Waals surface area contributed by atoms with Crippen molar-refractivity contribution < 1.29 is 82.7 Å². The van der Waals surface area contributed by atoms with E-state index in [1.807, 2.05) is 24.5 Å². The second-order valence-electron chi connectivity index (χ2n) is 24.0. The Bertz CT molecular complexity index is 2640. The fraction of sp³-hybridized carbons (Fsp3) is 0.672. The first-order chi connectivity index (χ1) is 42.0. The number of aliphatic hydroxyl groups excluding tert-OH is 4. The molecule has 32 heteroatoms. The Morgan fingerprint density at radius 1 is 0.656 bits per heavy atom. The van der Waals surface area contributed by atoms with Crippen LogP contribution in [0.25, 0.3) is 0 Å². The predicted molar refractivity (Wildman–Crippen MR) is 326 cm³/mol. The van der Waals surface area contributed by atoms with Gasteiger partial charge in [-0.05, 0) is 74.2 Å². The Labute approximate surface area is 523 Å². The molecule has 32 nitrogen and oxygen atoms in total. The Kier molecular flexibility index (Phi) is 32.8. The lowest BCUT2D eigenvalue weighted by Gasteiger charge is -2.34. The van der Waals surface area contributed by atoms with E-state index in [1.165, 1.54) is 58.0 Å². The summed E-state index contributed by atoms with van der Waals surface area (Å²) in [7, 11) is 0. The quantitative estimate of drug-likeness (QED) is 0.0210. The number of carbonyl (C=O) groups excluding carboxylic acids is 12. The molecule has 0 unspecified atom stereocenters. The Morgan fingerprint density at radius 2 is 1.20 bits per heavy atom. The van der Waals surface area contributed by atoms with Crippen LogP contribution >= 0.6 is 0 Å². The standard InChI is InChI=1S/C58H97N15O17/c1-12-30(10)23-36-50(82)65-34(19-16-20-63-58(61)62)49(81)70-39(28(6)7)53(85)71-40(31(11)75)52(84)64-24-38(76)69-42(45(78)47(60)79)55(87)68-37(25-74)57(89)90-46(32-17-14-13-15-18-32)43(56(88)72-41(54(86)67-36)44(77)29(8)9)73-51(83)35(22-27(4)5)66-48(80)33(59)21-26(2)3/h13-15,17-18,26-31,33-37,39-46,74-75,77-78H,12,16,19-25,59H2,1-11H3,(H2,60,79)(H,64,84)(H,65,82)(H,66,80)(H,67,86)(H,68,87)(H,69,76)(H,70,81)(H,71,85)(H,72,88)(H,73,83)(H4,61,62,63)/t30-,31+,33-,34-,35+,36+,37+,39+,40+,41+,42+,43+,44-,45+,46-/m1/s1. The lowest BCUT2D eigenvalue weighted by molar-refractivity contribution is -0.159. The molecular weight excluding hydrogens is 1180 g/mol. The third-order valence-electron chi connectivity index (χ3n) is 14.5. The van der Waals surface area contributed by atoms with Crippen molar-refractivity contribution in [3.63, 3.8) is 0 Å². The van der Waals surface area contributed by atoms with Crippen LogP contribution in [0, 0.1) is 29.6 Å². The third-order valence-corrected chi connectivity index (χ3v) is 14.5. The number of nitrogens with two attached hydrogens (primary N) is 4. The van der Waals surface area contributed by atoms with Gasteiger partial charge in [-0.25, -0.2) is 4.79 Å². The molecule has 0 aliphatic carbocycles. The molecule has 1 fully saturated rings. The van der Waals surface area contributed by atoms with E-state index in [0.29, 0.717) is 6.42 Å². The smallest absolute Gasteiger partial charge is 0.331 e. The van der Waals surface area contributed by atoms with E-state index >= 15 is 4.79 Å². The molecule has 1 heterocycles. The molecular formula is C58H97N15O17. The summed E-state index contributed by atoms with van der Waals surface area (Å²) >= 11 is 0. The largest absolute Gasteiger partial charge is 0.453 e. The summed E-state index contributed by atoms with van der Waals surface area (Å²) < 4.78 is 5.93. The first-order valence-corrected chi connectivity index (χ1v) is 30.1. The highest BCUT2D eigenvalue weighted by Crippen LogP contribution is 2.25. The van der Waals surface area contributed by atoms with Crippen molar-refractivity contribution in [3.05, 3.63) is 35.9 Å². The zero-order valence-electron chi connectivity index (χ0n) is 53.1. The molecule has 1 aliphatic heterocycles. The lowest BCUT2D eigenvalue weighted by Crippen LogP contribution is -2.64. The summed E-state index contributed by atoms with van der Waals surface area (Å²) in [6, 6.07) is -10.7. The predicted octanol–water partition coefficient (Wildman–Crippen LogP) is -5.43. The number of ether oxygens (including phenoxy) is 1. The second kappa shape index (κ2) is 37.8. The molecule has 2 rings (SSSR count). The van der Waals surface area contributed by atoms with Crippen molar-refractivity contribution >= 4 is 76.9 Å². The number of aliphatic hydroxyl groups is 4. The third kappa shape index (κ3) is 25.4. The lowest BCUT2D eigenvalue weighted by atomic mass is 9.94. The van der Waals surface area contributed by atoms with Gasteiger partial charge >= 0.3 is 5.97 Å². The Balaban J connectivity index is 3.14. The maximum atomic E-state index is 15.4. The van der Waals surface area contributed by atoms with E-state index in [0.717, 1.165) is 6.92 Å². The fourth-order valence-electron chi connectivity index (χ4n) is 9.18. The van der Waals surface area contributed by atoms with Crippen LogP contribution in [-0.2, 0) is 62.3 Å². The average Bonchev–Trinajstić information content (AvgIpc) is 3.10. The monoisotopic (exact) mass is 1280 g/mol. The molecule has 0 bridgehead atoms. The van der Waals surface area contributed by atoms with E-state index in [2.05, 4.69) is 47.5 Å². The minimum Gasteiger partial charge on any atom is -0.453 e. The molecule has 1 saturated heterocycles. The van der Waals surface area contributed by atoms with E-state index in [9.17, 15) is 73.2 Å². The van der Waals surface area contributed by atoms with Gasteiger partial charge in [-0.2, -0.15) is 0 Å². The first-order valence-electron chi connectivity index (χ1n) is 30.1. The first kappa shape index (κ1) is 78.0. The van der Waals surface area contributed by atoms with Crippen LogP contribution in [0.5, 0.6) is 0 Å². The van der Waals surface area contributed by atoms with Crippen LogP contribution in [0.2, 0.25) is 0 Å². The number of amides is 11. The molecule has 90 heavy (non-hydrogen) atoms. The summed E-state index contributed by atoms with van der Waals surface area (Å²) in [6.07, 6.45) is -7.80. The number of nitrogens with one attached hydrogen (secondary N) is 10. The van der Waals surface area contributed by atoms with Gasteiger partial charge in [-0.1, -0.05) is 106 Å². The maximum Gasteiger partial charge on any atom is 0.331 e. The van der Waals surface area contributed by atoms with Crippen molar-refractivity contribution in [1.29, 1.82) is 0 Å². The van der Waals surface area contributed by atoms with Gasteiger partial charge in [0.05, 0.1) is 31.4 Å². The normalized spacial score (nSPS) is 24.7. The van der Waals surface area contributed by atoms with E-state index in [-0.39, 0.29) is 67.9 Å². The summed E-state index contributed by atoms with van der Waals surface area (Å²) in [4.78, 5) is 174. The van der Waals surface area contributed by atoms with Gasteiger partial charge in [0.2, 0.25) is 65.0 Å². The minimum atomic E-state index is -2.57. The molecule has 1 aromatic rings. The number of rotatable bonds is 23. The fourth-order valence-corrected chi connectivity index (χ4v) is 9.18. The van der Waals surface area contributed by atoms with Crippen molar-refractivity contribution in [1.82, 2.24) is 53.2 Å². The number of primary amides is 1. The maximum absolute atomic E-state index is 15.4. The Morgan fingerprint density at radius 3 is 1.73 bits per heavy atom. The molecule has 506 valence electrons. The zero-order chi connectivity index (χ0) is 68.4. The van der Waals surface area contributed by atoms with Gasteiger partial charge in [0.1, 0.15) is 48.3 Å². The number of aliphatic imine (C=N–C) groups is 1. The van der Waals surface area contributed by atoms with Gasteiger partial charge in [0, 0.05) is 6.54 Å². The summed E-state index contributed by atoms with van der Waals surface area (Å²) in [5.41, 5.74) is 22.6. The van der Waals surface area contributed by atoms with Crippen LogP contribution in [0.3, 0.4) is 0 Å². The van der Waals surface area contributed by atoms with Crippen molar-refractivity contribution in [2.24, 2.45) is 57.5 Å². The van der Waals surface area contributed by atoms with Crippen molar-refractivity contribution in [2.45, 2.75) is 200 Å². The summed E-state index contributed by atoms with van der Waals surface area (Å²) in [5.74, 6) is -17.2. The molecule has 0 radical (unpaired) electrons. The highest BCUT2D eigenvalue weighted by atomic mass is 16.5. The molecule has 0 saturated carbocycles. The van der Waals surface area contributed by atoms with Gasteiger partial charge in [-0.15, -0.1) is 0 Å². The van der Waals surface area contributed by atoms with Gasteiger partial charge in [-0.3, -0.25) is 57.7 Å². The van der Waals surface area contributed by atoms with Crippen LogP contribution in [0.15, 0.2) is 35.3 Å². The number of hydrogen-bond donors (Lipinski definition) is 18. The number of carbonyl (C=O) groups is 12. The molecule has 22 N–H and O–H groups in total. The van der Waals surface area contributed by atoms with E-state index in [1.54, 1.807) is 27.7 Å². The molecule has 1 aliphatic rings. The van der Waals surface area contributed by atoms with Gasteiger partial charge in [0.25, 0.3) is 0 Å². The van der Waals surface area contributed by atoms with Gasteiger partial charge in [0.15, 0.2) is 24.2 Å². The topological polar surface area (TPSA) is 532 Å². The number of cyclic esters (lactones) is 1. The summed E-state index contributed by atoms with van der Waals surface area (Å²) in [5, 5.41) is 68.0.